The van der Waals surface area contributed by atoms with Gasteiger partial charge in [-0.3, -0.25) is 9.59 Å². The Balaban J connectivity index is 2.61. The lowest BCUT2D eigenvalue weighted by molar-refractivity contribution is 0.112. The topological polar surface area (TPSA) is 73.3 Å². The third-order valence-electron chi connectivity index (χ3n) is 2.96. The van der Waals surface area contributed by atoms with Gasteiger partial charge >= 0.3 is 0 Å². The van der Waals surface area contributed by atoms with Crippen LogP contribution in [0.25, 0.3) is 21.7 Å². The standard InChI is InChI=1S/C14H9NO3/c15-14-11(7-16)12(17)10-6-5-8-3-1-2-4-9(8)13(10)18-14/h1-7H,15H2. The zero-order valence-electron chi connectivity index (χ0n) is 9.34. The van der Waals surface area contributed by atoms with Crippen molar-refractivity contribution in [3.05, 3.63) is 52.2 Å². The number of anilines is 1. The van der Waals surface area contributed by atoms with Crippen LogP contribution in [-0.2, 0) is 0 Å². The van der Waals surface area contributed by atoms with Crippen molar-refractivity contribution in [3.63, 3.8) is 0 Å². The average Bonchev–Trinajstić information content (AvgIpc) is 2.39. The van der Waals surface area contributed by atoms with Crippen LogP contribution in [0.4, 0.5) is 5.88 Å². The van der Waals surface area contributed by atoms with Crippen molar-refractivity contribution in [2.75, 3.05) is 5.73 Å². The van der Waals surface area contributed by atoms with Crippen LogP contribution in [0.2, 0.25) is 0 Å². The Bertz CT molecular complexity index is 833. The Morgan fingerprint density at radius 2 is 1.83 bits per heavy atom. The molecule has 0 saturated heterocycles. The van der Waals surface area contributed by atoms with Crippen molar-refractivity contribution in [1.29, 1.82) is 0 Å². The van der Waals surface area contributed by atoms with Gasteiger partial charge in [0, 0.05) is 5.39 Å². The van der Waals surface area contributed by atoms with E-state index in [-0.39, 0.29) is 11.4 Å². The molecule has 0 aliphatic carbocycles. The number of benzene rings is 2. The van der Waals surface area contributed by atoms with E-state index in [1.54, 1.807) is 6.07 Å². The molecule has 4 heteroatoms. The number of nitrogen functional groups attached to an aromatic ring is 1. The first-order valence-electron chi connectivity index (χ1n) is 5.41. The lowest BCUT2D eigenvalue weighted by Gasteiger charge is -2.04. The second kappa shape index (κ2) is 3.70. The van der Waals surface area contributed by atoms with Gasteiger partial charge in [-0.05, 0) is 11.5 Å². The molecule has 0 amide bonds. The smallest absolute Gasteiger partial charge is 0.205 e. The molecule has 0 aliphatic rings. The van der Waals surface area contributed by atoms with Crippen LogP contribution in [0.1, 0.15) is 10.4 Å². The predicted octanol–water partition coefficient (Wildman–Crippen LogP) is 2.34. The van der Waals surface area contributed by atoms with Crippen molar-refractivity contribution >= 4 is 33.9 Å². The molecule has 2 aromatic carbocycles. The lowest BCUT2D eigenvalue weighted by atomic mass is 10.1. The van der Waals surface area contributed by atoms with Crippen LogP contribution < -0.4 is 11.2 Å². The number of rotatable bonds is 1. The molecule has 0 atom stereocenters. The normalized spacial score (nSPS) is 10.9. The Morgan fingerprint density at radius 3 is 2.61 bits per heavy atom. The molecule has 0 bridgehead atoms. The summed E-state index contributed by atoms with van der Waals surface area (Å²) in [4.78, 5) is 22.9. The maximum absolute atomic E-state index is 12.1. The van der Waals surface area contributed by atoms with E-state index in [0.717, 1.165) is 10.8 Å². The zero-order valence-corrected chi connectivity index (χ0v) is 9.34. The number of hydrogen-bond donors (Lipinski definition) is 1. The molecule has 2 N–H and O–H groups in total. The summed E-state index contributed by atoms with van der Waals surface area (Å²) in [6.45, 7) is 0. The van der Waals surface area contributed by atoms with Crippen molar-refractivity contribution in [3.8, 4) is 0 Å². The van der Waals surface area contributed by atoms with Crippen LogP contribution in [0.3, 0.4) is 0 Å². The summed E-state index contributed by atoms with van der Waals surface area (Å²) in [5, 5.41) is 2.12. The number of hydrogen-bond acceptors (Lipinski definition) is 4. The molecule has 3 aromatic rings. The first-order chi connectivity index (χ1) is 8.72. The minimum absolute atomic E-state index is 0.127. The van der Waals surface area contributed by atoms with Crippen LogP contribution >= 0.6 is 0 Å². The van der Waals surface area contributed by atoms with Crippen LogP contribution in [0, 0.1) is 0 Å². The molecule has 88 valence electrons. The van der Waals surface area contributed by atoms with E-state index in [2.05, 4.69) is 0 Å². The highest BCUT2D eigenvalue weighted by Crippen LogP contribution is 2.25. The molecule has 1 heterocycles. The van der Waals surface area contributed by atoms with E-state index in [1.165, 1.54) is 0 Å². The maximum atomic E-state index is 12.1. The molecule has 3 rings (SSSR count). The highest BCUT2D eigenvalue weighted by molar-refractivity contribution is 6.05. The van der Waals surface area contributed by atoms with Crippen molar-refractivity contribution in [2.24, 2.45) is 0 Å². The van der Waals surface area contributed by atoms with Gasteiger partial charge in [0.1, 0.15) is 11.1 Å². The van der Waals surface area contributed by atoms with Gasteiger partial charge in [-0.2, -0.15) is 0 Å². The first-order valence-corrected chi connectivity index (χ1v) is 5.41. The Hall–Kier alpha value is -2.62. The van der Waals surface area contributed by atoms with E-state index in [0.29, 0.717) is 17.3 Å². The monoisotopic (exact) mass is 239 g/mol. The molecule has 0 fully saturated rings. The predicted molar refractivity (Wildman–Crippen MR) is 69.8 cm³/mol. The third-order valence-corrected chi connectivity index (χ3v) is 2.96. The highest BCUT2D eigenvalue weighted by Gasteiger charge is 2.13. The van der Waals surface area contributed by atoms with Gasteiger partial charge in [-0.15, -0.1) is 0 Å². The molecule has 4 nitrogen and oxygen atoms in total. The van der Waals surface area contributed by atoms with Gasteiger partial charge in [0.2, 0.25) is 11.3 Å². The van der Waals surface area contributed by atoms with Crippen LogP contribution in [-0.4, -0.2) is 6.29 Å². The second-order valence-electron chi connectivity index (χ2n) is 3.99. The van der Waals surface area contributed by atoms with E-state index in [9.17, 15) is 9.59 Å². The van der Waals surface area contributed by atoms with Gasteiger partial charge in [0.25, 0.3) is 0 Å². The summed E-state index contributed by atoms with van der Waals surface area (Å²) < 4.78 is 5.42. The molecular formula is C14H9NO3. The summed E-state index contributed by atoms with van der Waals surface area (Å²) >= 11 is 0. The maximum Gasteiger partial charge on any atom is 0.205 e. The van der Waals surface area contributed by atoms with Gasteiger partial charge in [0.05, 0.1) is 5.39 Å². The fourth-order valence-corrected chi connectivity index (χ4v) is 2.07. The van der Waals surface area contributed by atoms with Crippen molar-refractivity contribution in [2.45, 2.75) is 0 Å². The number of carbonyl (C=O) groups is 1. The van der Waals surface area contributed by atoms with Gasteiger partial charge in [0.15, 0.2) is 6.29 Å². The van der Waals surface area contributed by atoms with Crippen molar-refractivity contribution in [1.82, 2.24) is 0 Å². The minimum atomic E-state index is -0.394. The van der Waals surface area contributed by atoms with E-state index in [4.69, 9.17) is 10.2 Å². The Kier molecular flexibility index (Phi) is 2.16. The number of aldehydes is 1. The number of carbonyl (C=O) groups excluding carboxylic acids is 1. The summed E-state index contributed by atoms with van der Waals surface area (Å²) in [5.74, 6) is -0.140. The largest absolute Gasteiger partial charge is 0.439 e. The summed E-state index contributed by atoms with van der Waals surface area (Å²) in [6.07, 6.45) is 0.426. The SMILES string of the molecule is Nc1oc2c(ccc3ccccc32)c(=O)c1C=O. The van der Waals surface area contributed by atoms with Gasteiger partial charge < -0.3 is 10.2 Å². The third kappa shape index (κ3) is 1.32. The van der Waals surface area contributed by atoms with E-state index in [1.807, 2.05) is 30.3 Å². The van der Waals surface area contributed by atoms with E-state index < -0.39 is 5.43 Å². The Labute approximate surface area is 102 Å². The van der Waals surface area contributed by atoms with E-state index >= 15 is 0 Å². The van der Waals surface area contributed by atoms with Crippen molar-refractivity contribution < 1.29 is 9.21 Å². The minimum Gasteiger partial charge on any atom is -0.439 e. The zero-order chi connectivity index (χ0) is 12.7. The molecule has 0 saturated carbocycles. The first kappa shape index (κ1) is 10.5. The molecule has 0 spiro atoms. The molecule has 0 radical (unpaired) electrons. The van der Waals surface area contributed by atoms with Gasteiger partial charge in [-0.1, -0.05) is 30.3 Å². The summed E-state index contributed by atoms with van der Waals surface area (Å²) in [7, 11) is 0. The highest BCUT2D eigenvalue weighted by atomic mass is 16.3. The fourth-order valence-electron chi connectivity index (χ4n) is 2.07. The van der Waals surface area contributed by atoms with Gasteiger partial charge in [-0.25, -0.2) is 0 Å². The molecular weight excluding hydrogens is 230 g/mol. The number of fused-ring (bicyclic) bond motifs is 3. The quantitative estimate of drug-likeness (QED) is 0.522. The second-order valence-corrected chi connectivity index (χ2v) is 3.99. The molecule has 0 aliphatic heterocycles. The molecule has 0 unspecified atom stereocenters. The Morgan fingerprint density at radius 1 is 1.06 bits per heavy atom. The summed E-state index contributed by atoms with van der Waals surface area (Å²) in [5.41, 5.74) is 5.49. The lowest BCUT2D eigenvalue weighted by Crippen LogP contribution is -2.11. The van der Waals surface area contributed by atoms with Crippen LogP contribution in [0.15, 0.2) is 45.6 Å². The molecule has 18 heavy (non-hydrogen) atoms. The average molecular weight is 239 g/mol. The molecule has 1 aromatic heterocycles. The summed E-state index contributed by atoms with van der Waals surface area (Å²) in [6, 6.07) is 11.0. The number of nitrogens with two attached hydrogens (primary N) is 1. The van der Waals surface area contributed by atoms with Crippen LogP contribution in [0.5, 0.6) is 0 Å². The fraction of sp³-hybridized carbons (Fsp3) is 0.